The Morgan fingerprint density at radius 3 is 2.75 bits per heavy atom. The van der Waals surface area contributed by atoms with Crippen LogP contribution >= 0.6 is 0 Å². The van der Waals surface area contributed by atoms with E-state index >= 15 is 0 Å². The highest BCUT2D eigenvalue weighted by Gasteiger charge is 2.07. The lowest BCUT2D eigenvalue weighted by molar-refractivity contribution is -0.129. The molecule has 1 aromatic rings. The number of benzene rings is 1. The third-order valence-electron chi connectivity index (χ3n) is 3.03. The number of hydrogen-bond donors (Lipinski definition) is 1. The second-order valence-corrected chi connectivity index (χ2v) is 5.17. The number of nitrogens with one attached hydrogen (secondary N) is 1. The number of ether oxygens (including phenoxy) is 1. The van der Waals surface area contributed by atoms with Crippen LogP contribution in [-0.4, -0.2) is 38.1 Å². The molecule has 4 heteroatoms. The second kappa shape index (κ2) is 8.59. The van der Waals surface area contributed by atoms with Crippen molar-refractivity contribution in [2.75, 3.05) is 27.2 Å². The van der Waals surface area contributed by atoms with Gasteiger partial charge in [0, 0.05) is 26.2 Å². The van der Waals surface area contributed by atoms with E-state index in [2.05, 4.69) is 25.2 Å². The van der Waals surface area contributed by atoms with E-state index in [1.807, 2.05) is 12.1 Å². The van der Waals surface area contributed by atoms with Crippen LogP contribution in [0, 0.1) is 6.92 Å². The average Bonchev–Trinajstić information content (AvgIpc) is 2.41. The van der Waals surface area contributed by atoms with Gasteiger partial charge in [0.05, 0.1) is 13.0 Å². The highest BCUT2D eigenvalue weighted by atomic mass is 16.5. The Kier molecular flexibility index (Phi) is 7.09. The van der Waals surface area contributed by atoms with Gasteiger partial charge in [-0.15, -0.1) is 0 Å². The van der Waals surface area contributed by atoms with Gasteiger partial charge in [0.1, 0.15) is 5.75 Å². The van der Waals surface area contributed by atoms with Crippen molar-refractivity contribution in [2.24, 2.45) is 0 Å². The van der Waals surface area contributed by atoms with Crippen molar-refractivity contribution >= 4 is 5.91 Å². The first kappa shape index (κ1) is 16.5. The first-order valence-electron chi connectivity index (χ1n) is 7.17. The van der Waals surface area contributed by atoms with Crippen LogP contribution in [0.5, 0.6) is 5.75 Å². The van der Waals surface area contributed by atoms with Gasteiger partial charge in [-0.25, -0.2) is 0 Å². The lowest BCUT2D eigenvalue weighted by Crippen LogP contribution is -2.23. The summed E-state index contributed by atoms with van der Waals surface area (Å²) in [6, 6.07) is 6.15. The van der Waals surface area contributed by atoms with Crippen LogP contribution in [0.25, 0.3) is 0 Å². The van der Waals surface area contributed by atoms with Gasteiger partial charge in [0.25, 0.3) is 0 Å². The van der Waals surface area contributed by atoms with Crippen molar-refractivity contribution in [3.05, 3.63) is 29.3 Å². The SMILES string of the molecule is CCCNCc1cc(C)ccc1OCCC(=O)N(C)C. The summed E-state index contributed by atoms with van der Waals surface area (Å²) in [4.78, 5) is 13.1. The van der Waals surface area contributed by atoms with E-state index in [-0.39, 0.29) is 5.91 Å². The highest BCUT2D eigenvalue weighted by Crippen LogP contribution is 2.20. The number of amides is 1. The molecule has 0 saturated heterocycles. The quantitative estimate of drug-likeness (QED) is 0.742. The van der Waals surface area contributed by atoms with Crippen molar-refractivity contribution in [1.29, 1.82) is 0 Å². The second-order valence-electron chi connectivity index (χ2n) is 5.17. The van der Waals surface area contributed by atoms with Crippen molar-refractivity contribution in [2.45, 2.75) is 33.2 Å². The molecule has 20 heavy (non-hydrogen) atoms. The summed E-state index contributed by atoms with van der Waals surface area (Å²) in [6.07, 6.45) is 1.52. The molecule has 0 fully saturated rings. The lowest BCUT2D eigenvalue weighted by Gasteiger charge is -2.14. The number of carbonyl (C=O) groups is 1. The minimum absolute atomic E-state index is 0.0859. The third kappa shape index (κ3) is 5.61. The summed E-state index contributed by atoms with van der Waals surface area (Å²) >= 11 is 0. The van der Waals surface area contributed by atoms with E-state index in [0.717, 1.165) is 30.8 Å². The molecule has 0 aliphatic heterocycles. The van der Waals surface area contributed by atoms with Gasteiger partial charge in [-0.05, 0) is 26.0 Å². The summed E-state index contributed by atoms with van der Waals surface area (Å²) in [5, 5.41) is 3.38. The standard InChI is InChI=1S/C16H26N2O2/c1-5-9-17-12-14-11-13(2)6-7-15(14)20-10-8-16(19)18(3)4/h6-7,11,17H,5,8-10,12H2,1-4H3. The van der Waals surface area contributed by atoms with Crippen LogP contribution in [0.1, 0.15) is 30.9 Å². The molecule has 4 nitrogen and oxygen atoms in total. The zero-order chi connectivity index (χ0) is 15.0. The summed E-state index contributed by atoms with van der Waals surface area (Å²) in [6.45, 7) is 6.43. The molecule has 1 aromatic carbocycles. The molecule has 1 N–H and O–H groups in total. The molecule has 0 radical (unpaired) electrons. The van der Waals surface area contributed by atoms with E-state index < -0.39 is 0 Å². The van der Waals surface area contributed by atoms with E-state index in [1.54, 1.807) is 19.0 Å². The lowest BCUT2D eigenvalue weighted by atomic mass is 10.1. The molecule has 1 amide bonds. The van der Waals surface area contributed by atoms with Crippen molar-refractivity contribution in [1.82, 2.24) is 10.2 Å². The normalized spacial score (nSPS) is 10.4. The number of hydrogen-bond acceptors (Lipinski definition) is 3. The molecular formula is C16H26N2O2. The molecule has 0 spiro atoms. The summed E-state index contributed by atoms with van der Waals surface area (Å²) in [7, 11) is 3.52. The van der Waals surface area contributed by atoms with Gasteiger partial charge in [-0.3, -0.25) is 4.79 Å². The molecule has 0 aromatic heterocycles. The van der Waals surface area contributed by atoms with Crippen LogP contribution in [0.15, 0.2) is 18.2 Å². The largest absolute Gasteiger partial charge is 0.493 e. The number of nitrogens with zero attached hydrogens (tertiary/aromatic N) is 1. The van der Waals surface area contributed by atoms with E-state index in [9.17, 15) is 4.79 Å². The predicted molar refractivity (Wildman–Crippen MR) is 82.0 cm³/mol. The summed E-state index contributed by atoms with van der Waals surface area (Å²) < 4.78 is 5.76. The Hall–Kier alpha value is -1.55. The molecule has 0 unspecified atom stereocenters. The average molecular weight is 278 g/mol. The smallest absolute Gasteiger partial charge is 0.225 e. The number of carbonyl (C=O) groups excluding carboxylic acids is 1. The fourth-order valence-electron chi connectivity index (χ4n) is 1.86. The van der Waals surface area contributed by atoms with Crippen molar-refractivity contribution in [3.63, 3.8) is 0 Å². The maximum Gasteiger partial charge on any atom is 0.225 e. The fourth-order valence-corrected chi connectivity index (χ4v) is 1.86. The van der Waals surface area contributed by atoms with Crippen molar-refractivity contribution in [3.8, 4) is 5.75 Å². The Morgan fingerprint density at radius 2 is 2.10 bits per heavy atom. The molecule has 0 bridgehead atoms. The van der Waals surface area contributed by atoms with E-state index in [1.165, 1.54) is 5.56 Å². The minimum atomic E-state index is 0.0859. The van der Waals surface area contributed by atoms with E-state index in [4.69, 9.17) is 4.74 Å². The van der Waals surface area contributed by atoms with Gasteiger partial charge >= 0.3 is 0 Å². The van der Waals surface area contributed by atoms with E-state index in [0.29, 0.717) is 13.0 Å². The first-order chi connectivity index (χ1) is 9.54. The Bertz CT molecular complexity index is 430. The van der Waals surface area contributed by atoms with Gasteiger partial charge in [0.15, 0.2) is 0 Å². The van der Waals surface area contributed by atoms with Gasteiger partial charge in [-0.2, -0.15) is 0 Å². The fraction of sp³-hybridized carbons (Fsp3) is 0.562. The molecule has 112 valence electrons. The molecule has 0 heterocycles. The number of rotatable bonds is 8. The summed E-state index contributed by atoms with van der Waals surface area (Å²) in [5.74, 6) is 0.952. The van der Waals surface area contributed by atoms with Crippen LogP contribution in [-0.2, 0) is 11.3 Å². The molecule has 0 saturated carbocycles. The maximum absolute atomic E-state index is 11.5. The van der Waals surface area contributed by atoms with Gasteiger partial charge < -0.3 is 15.0 Å². The molecule has 0 aliphatic carbocycles. The van der Waals surface area contributed by atoms with Gasteiger partial charge in [0.2, 0.25) is 5.91 Å². The van der Waals surface area contributed by atoms with Crippen LogP contribution in [0.4, 0.5) is 0 Å². The Labute approximate surface area is 122 Å². The monoisotopic (exact) mass is 278 g/mol. The van der Waals surface area contributed by atoms with Crippen LogP contribution in [0.2, 0.25) is 0 Å². The third-order valence-corrected chi connectivity index (χ3v) is 3.03. The molecule has 0 aliphatic rings. The Morgan fingerprint density at radius 1 is 1.35 bits per heavy atom. The zero-order valence-electron chi connectivity index (χ0n) is 13.0. The topological polar surface area (TPSA) is 41.6 Å². The molecule has 0 atom stereocenters. The zero-order valence-corrected chi connectivity index (χ0v) is 13.0. The number of aryl methyl sites for hydroxylation is 1. The molecular weight excluding hydrogens is 252 g/mol. The summed E-state index contributed by atoms with van der Waals surface area (Å²) in [5.41, 5.74) is 2.37. The van der Waals surface area contributed by atoms with Crippen molar-refractivity contribution < 1.29 is 9.53 Å². The maximum atomic E-state index is 11.5. The van der Waals surface area contributed by atoms with Crippen LogP contribution in [0.3, 0.4) is 0 Å². The van der Waals surface area contributed by atoms with Crippen LogP contribution < -0.4 is 10.1 Å². The first-order valence-corrected chi connectivity index (χ1v) is 7.17. The highest BCUT2D eigenvalue weighted by molar-refractivity contribution is 5.75. The minimum Gasteiger partial charge on any atom is -0.493 e. The predicted octanol–water partition coefficient (Wildman–Crippen LogP) is 2.35. The van der Waals surface area contributed by atoms with Gasteiger partial charge in [-0.1, -0.05) is 24.6 Å². The Balaban J connectivity index is 2.57. The molecule has 1 rings (SSSR count).